The van der Waals surface area contributed by atoms with Gasteiger partial charge in [-0.05, 0) is 43.0 Å². The van der Waals surface area contributed by atoms with Crippen molar-refractivity contribution in [1.82, 2.24) is 0 Å². The lowest BCUT2D eigenvalue weighted by molar-refractivity contribution is -0.146. The third-order valence-corrected chi connectivity index (χ3v) is 6.33. The Bertz CT molecular complexity index is 1100. The van der Waals surface area contributed by atoms with Crippen LogP contribution in [0.4, 0.5) is 0 Å². The highest BCUT2D eigenvalue weighted by molar-refractivity contribution is 6.08. The lowest BCUT2D eigenvalue weighted by Crippen LogP contribution is -2.37. The Morgan fingerprint density at radius 3 is 2.52 bits per heavy atom. The first-order valence-corrected chi connectivity index (χ1v) is 11.3. The highest BCUT2D eigenvalue weighted by atomic mass is 16.5. The first-order valence-electron chi connectivity index (χ1n) is 11.3. The van der Waals surface area contributed by atoms with Gasteiger partial charge in [-0.25, -0.2) is 0 Å². The number of hydrogen-bond acceptors (Lipinski definition) is 6. The number of carbonyl (C=O) groups is 2. The molecule has 2 aliphatic rings. The van der Waals surface area contributed by atoms with Crippen molar-refractivity contribution in [2.45, 2.75) is 38.5 Å². The number of methoxy groups -OCH3 is 2. The Labute approximate surface area is 194 Å². The molecule has 1 heterocycles. The molecule has 1 aliphatic heterocycles. The fourth-order valence-corrected chi connectivity index (χ4v) is 4.72. The van der Waals surface area contributed by atoms with Crippen LogP contribution < -0.4 is 9.47 Å². The monoisotopic (exact) mass is 447 g/mol. The number of rotatable bonds is 7. The SMILES string of the molecule is COc1ccc([C@@H]2C3=C(CCCC3=O)N=C(C)C2C(=O)OCCc2ccccc2)cc1OC. The molecule has 6 heteroatoms. The molecule has 2 aromatic rings. The van der Waals surface area contributed by atoms with Crippen molar-refractivity contribution >= 4 is 17.5 Å². The van der Waals surface area contributed by atoms with Crippen LogP contribution in [0.25, 0.3) is 0 Å². The number of benzene rings is 2. The van der Waals surface area contributed by atoms with Gasteiger partial charge < -0.3 is 14.2 Å². The minimum atomic E-state index is -0.667. The highest BCUT2D eigenvalue weighted by Gasteiger charge is 2.43. The molecule has 0 saturated heterocycles. The smallest absolute Gasteiger partial charge is 0.315 e. The molecule has 172 valence electrons. The Balaban J connectivity index is 1.67. The van der Waals surface area contributed by atoms with E-state index in [0.29, 0.717) is 35.6 Å². The fourth-order valence-electron chi connectivity index (χ4n) is 4.72. The lowest BCUT2D eigenvalue weighted by Gasteiger charge is -2.34. The minimum absolute atomic E-state index is 0.0503. The van der Waals surface area contributed by atoms with Gasteiger partial charge in [-0.1, -0.05) is 36.4 Å². The molecule has 1 aliphatic carbocycles. The molecule has 2 atom stereocenters. The van der Waals surface area contributed by atoms with Crippen molar-refractivity contribution < 1.29 is 23.8 Å². The zero-order valence-corrected chi connectivity index (χ0v) is 19.3. The van der Waals surface area contributed by atoms with Crippen molar-refractivity contribution in [3.05, 3.63) is 70.9 Å². The Kier molecular flexibility index (Phi) is 6.92. The van der Waals surface area contributed by atoms with E-state index < -0.39 is 11.8 Å². The number of carbonyl (C=O) groups excluding carboxylic acids is 2. The predicted molar refractivity (Wildman–Crippen MR) is 126 cm³/mol. The van der Waals surface area contributed by atoms with E-state index in [4.69, 9.17) is 19.2 Å². The summed E-state index contributed by atoms with van der Waals surface area (Å²) in [4.78, 5) is 31.1. The Morgan fingerprint density at radius 1 is 1.03 bits per heavy atom. The van der Waals surface area contributed by atoms with Gasteiger partial charge in [0.2, 0.25) is 0 Å². The van der Waals surface area contributed by atoms with Crippen LogP contribution in [0, 0.1) is 5.92 Å². The van der Waals surface area contributed by atoms with Gasteiger partial charge in [0.1, 0.15) is 5.92 Å². The van der Waals surface area contributed by atoms with Crippen molar-refractivity contribution in [3.8, 4) is 11.5 Å². The third kappa shape index (κ3) is 4.70. The van der Waals surface area contributed by atoms with E-state index in [1.807, 2.05) is 49.4 Å². The molecule has 6 nitrogen and oxygen atoms in total. The van der Waals surface area contributed by atoms with Crippen molar-refractivity contribution in [3.63, 3.8) is 0 Å². The van der Waals surface area contributed by atoms with Crippen LogP contribution in [0.2, 0.25) is 0 Å². The summed E-state index contributed by atoms with van der Waals surface area (Å²) < 4.78 is 16.6. The molecular formula is C27H29NO5. The van der Waals surface area contributed by atoms with Crippen LogP contribution in [0.5, 0.6) is 11.5 Å². The van der Waals surface area contributed by atoms with Gasteiger partial charge in [0.15, 0.2) is 17.3 Å². The van der Waals surface area contributed by atoms with E-state index >= 15 is 0 Å². The second-order valence-electron chi connectivity index (χ2n) is 8.36. The van der Waals surface area contributed by atoms with E-state index in [-0.39, 0.29) is 18.4 Å². The van der Waals surface area contributed by atoms with Crippen LogP contribution in [0.1, 0.15) is 43.2 Å². The summed E-state index contributed by atoms with van der Waals surface area (Å²) in [5, 5.41) is 0. The first kappa shape index (κ1) is 22.8. The highest BCUT2D eigenvalue weighted by Crippen LogP contribution is 2.45. The van der Waals surface area contributed by atoms with Gasteiger partial charge >= 0.3 is 5.97 Å². The van der Waals surface area contributed by atoms with Gasteiger partial charge in [-0.2, -0.15) is 0 Å². The number of Topliss-reactive ketones (excluding diaryl/α,β-unsaturated/α-hetero) is 1. The summed E-state index contributed by atoms with van der Waals surface area (Å²) in [5.74, 6) is -0.300. The predicted octanol–water partition coefficient (Wildman–Crippen LogP) is 4.67. The maximum absolute atomic E-state index is 13.3. The number of allylic oxidation sites excluding steroid dienone is 2. The zero-order valence-electron chi connectivity index (χ0n) is 19.3. The summed E-state index contributed by atoms with van der Waals surface area (Å²) in [5.41, 5.74) is 4.01. The molecule has 0 aromatic heterocycles. The number of aliphatic imine (C=N–C) groups is 1. The number of ether oxygens (including phenoxy) is 3. The number of esters is 1. The van der Waals surface area contributed by atoms with Crippen molar-refractivity contribution in [2.75, 3.05) is 20.8 Å². The van der Waals surface area contributed by atoms with Crippen molar-refractivity contribution in [1.29, 1.82) is 0 Å². The maximum Gasteiger partial charge on any atom is 0.315 e. The molecule has 2 aromatic carbocycles. The average Bonchev–Trinajstić information content (AvgIpc) is 2.83. The fraction of sp³-hybridized carbons (Fsp3) is 0.370. The average molecular weight is 448 g/mol. The zero-order chi connectivity index (χ0) is 23.4. The molecule has 4 rings (SSSR count). The molecular weight excluding hydrogens is 418 g/mol. The van der Waals surface area contributed by atoms with E-state index in [1.54, 1.807) is 20.3 Å². The second kappa shape index (κ2) is 10.0. The maximum atomic E-state index is 13.3. The summed E-state index contributed by atoms with van der Waals surface area (Å²) in [7, 11) is 3.15. The minimum Gasteiger partial charge on any atom is -0.493 e. The van der Waals surface area contributed by atoms with E-state index in [0.717, 1.165) is 29.7 Å². The molecule has 0 bridgehead atoms. The van der Waals surface area contributed by atoms with E-state index in [2.05, 4.69) is 0 Å². The second-order valence-corrected chi connectivity index (χ2v) is 8.36. The molecule has 0 saturated carbocycles. The summed E-state index contributed by atoms with van der Waals surface area (Å²) >= 11 is 0. The Hall–Kier alpha value is -3.41. The molecule has 0 N–H and O–H groups in total. The number of hydrogen-bond donors (Lipinski definition) is 0. The molecule has 1 unspecified atom stereocenters. The van der Waals surface area contributed by atoms with E-state index in [1.165, 1.54) is 0 Å². The normalized spacial score (nSPS) is 20.1. The van der Waals surface area contributed by atoms with Crippen LogP contribution in [0.3, 0.4) is 0 Å². The summed E-state index contributed by atoms with van der Waals surface area (Å²) in [6.45, 7) is 2.12. The van der Waals surface area contributed by atoms with Crippen LogP contribution in [0.15, 0.2) is 64.8 Å². The number of nitrogens with zero attached hydrogens (tertiary/aromatic N) is 1. The van der Waals surface area contributed by atoms with Crippen molar-refractivity contribution in [2.24, 2.45) is 10.9 Å². The molecule has 0 amide bonds. The van der Waals surface area contributed by atoms with Crippen LogP contribution in [-0.2, 0) is 20.7 Å². The van der Waals surface area contributed by atoms with Gasteiger partial charge in [0.05, 0.1) is 20.8 Å². The van der Waals surface area contributed by atoms with Crippen LogP contribution >= 0.6 is 0 Å². The quantitative estimate of drug-likeness (QED) is 0.577. The summed E-state index contributed by atoms with van der Waals surface area (Å²) in [6.07, 6.45) is 2.60. The van der Waals surface area contributed by atoms with Crippen LogP contribution in [-0.4, -0.2) is 38.3 Å². The number of ketones is 1. The first-order chi connectivity index (χ1) is 16.0. The Morgan fingerprint density at radius 2 is 1.79 bits per heavy atom. The standard InChI is InChI=1S/C27H29NO5/c1-17-24(27(30)33-15-14-18-8-5-4-6-9-18)25(26-20(28-17)10-7-11-21(26)29)19-12-13-22(31-2)23(16-19)32-3/h4-6,8-9,12-13,16,24-25H,7,10-11,14-15H2,1-3H3/t24?,25-/m0/s1. The van der Waals surface area contributed by atoms with Gasteiger partial charge in [0.25, 0.3) is 0 Å². The van der Waals surface area contributed by atoms with Gasteiger partial charge in [-0.15, -0.1) is 0 Å². The lowest BCUT2D eigenvalue weighted by atomic mass is 9.71. The molecule has 0 radical (unpaired) electrons. The summed E-state index contributed by atoms with van der Waals surface area (Å²) in [6, 6.07) is 15.4. The largest absolute Gasteiger partial charge is 0.493 e. The van der Waals surface area contributed by atoms with Gasteiger partial charge in [-0.3, -0.25) is 14.6 Å². The topological polar surface area (TPSA) is 74.2 Å². The van der Waals surface area contributed by atoms with Gasteiger partial charge in [0, 0.05) is 35.7 Å². The molecule has 0 spiro atoms. The molecule has 0 fully saturated rings. The third-order valence-electron chi connectivity index (χ3n) is 6.33. The van der Waals surface area contributed by atoms with E-state index in [9.17, 15) is 9.59 Å². The molecule has 33 heavy (non-hydrogen) atoms.